The summed E-state index contributed by atoms with van der Waals surface area (Å²) in [5.41, 5.74) is 0. The van der Waals surface area contributed by atoms with E-state index < -0.39 is 11.9 Å². The zero-order valence-electron chi connectivity index (χ0n) is 20.3. The van der Waals surface area contributed by atoms with Gasteiger partial charge < -0.3 is 9.47 Å². The monoisotopic (exact) mass is 424 g/mol. The predicted octanol–water partition coefficient (Wildman–Crippen LogP) is 7.54. The summed E-state index contributed by atoms with van der Waals surface area (Å²) in [5, 5.41) is 0. The highest BCUT2D eigenvalue weighted by Gasteiger charge is 2.13. The van der Waals surface area contributed by atoms with Crippen molar-refractivity contribution in [3.8, 4) is 0 Å². The van der Waals surface area contributed by atoms with Crippen LogP contribution in [0.5, 0.6) is 0 Å². The van der Waals surface area contributed by atoms with Crippen molar-refractivity contribution < 1.29 is 19.1 Å². The quantitative estimate of drug-likeness (QED) is 0.115. The van der Waals surface area contributed by atoms with Crippen LogP contribution in [0.25, 0.3) is 0 Å². The standard InChI is InChI=1S/C26H48O4/c1-5-9-10-11-12-13-14-15-16-17-22-29-25(27)20-21-26(28)30-24(8-4)19-18-23(6-2)7-3/h20-21,23-24H,5-19,22H2,1-4H3/b21-20+. The SMILES string of the molecule is CCCCCCCCCCCCOC(=O)/C=C/C(=O)OC(CC)CCC(CC)CC. The molecule has 0 aliphatic heterocycles. The number of rotatable bonds is 20. The van der Waals surface area contributed by atoms with Gasteiger partial charge in [0.15, 0.2) is 0 Å². The fraction of sp³-hybridized carbons (Fsp3) is 0.846. The molecule has 0 amide bonds. The molecule has 30 heavy (non-hydrogen) atoms. The van der Waals surface area contributed by atoms with Gasteiger partial charge in [0, 0.05) is 12.2 Å². The molecule has 0 spiro atoms. The lowest BCUT2D eigenvalue weighted by atomic mass is 9.95. The van der Waals surface area contributed by atoms with E-state index in [1.807, 2.05) is 6.92 Å². The average Bonchev–Trinajstić information content (AvgIpc) is 2.75. The number of esters is 2. The van der Waals surface area contributed by atoms with E-state index in [0.29, 0.717) is 12.5 Å². The third-order valence-corrected chi connectivity index (χ3v) is 5.89. The molecule has 0 fully saturated rings. The number of ether oxygens (including phenoxy) is 2. The van der Waals surface area contributed by atoms with Crippen molar-refractivity contribution in [2.75, 3.05) is 6.61 Å². The van der Waals surface area contributed by atoms with Gasteiger partial charge in [0.2, 0.25) is 0 Å². The van der Waals surface area contributed by atoms with Gasteiger partial charge in [-0.1, -0.05) is 98.3 Å². The molecule has 0 radical (unpaired) electrons. The van der Waals surface area contributed by atoms with Crippen molar-refractivity contribution in [1.29, 1.82) is 0 Å². The molecular formula is C26H48O4. The van der Waals surface area contributed by atoms with E-state index in [2.05, 4.69) is 20.8 Å². The Balaban J connectivity index is 3.77. The van der Waals surface area contributed by atoms with Gasteiger partial charge in [0.05, 0.1) is 6.61 Å². The first-order valence-electron chi connectivity index (χ1n) is 12.6. The fourth-order valence-corrected chi connectivity index (χ4v) is 3.61. The Morgan fingerprint density at radius 3 is 1.73 bits per heavy atom. The number of carbonyl (C=O) groups is 2. The molecule has 4 nitrogen and oxygen atoms in total. The summed E-state index contributed by atoms with van der Waals surface area (Å²) in [6.45, 7) is 9.08. The van der Waals surface area contributed by atoms with E-state index in [1.165, 1.54) is 63.5 Å². The lowest BCUT2D eigenvalue weighted by molar-refractivity contribution is -0.144. The number of unbranched alkanes of at least 4 members (excludes halogenated alkanes) is 9. The van der Waals surface area contributed by atoms with Crippen LogP contribution in [-0.2, 0) is 19.1 Å². The van der Waals surface area contributed by atoms with Crippen molar-refractivity contribution >= 4 is 11.9 Å². The lowest BCUT2D eigenvalue weighted by Gasteiger charge is -2.18. The van der Waals surface area contributed by atoms with E-state index in [0.717, 1.165) is 44.9 Å². The molecule has 0 aliphatic rings. The van der Waals surface area contributed by atoms with Crippen LogP contribution in [0.2, 0.25) is 0 Å². The van der Waals surface area contributed by atoms with E-state index in [4.69, 9.17) is 9.47 Å². The molecule has 0 aliphatic carbocycles. The van der Waals surface area contributed by atoms with Gasteiger partial charge in [-0.15, -0.1) is 0 Å². The van der Waals surface area contributed by atoms with Crippen molar-refractivity contribution in [3.05, 3.63) is 12.2 Å². The Hall–Kier alpha value is -1.32. The Bertz CT molecular complexity index is 440. The maximum atomic E-state index is 11.9. The number of hydrogen-bond acceptors (Lipinski definition) is 4. The molecule has 0 saturated carbocycles. The fourth-order valence-electron chi connectivity index (χ4n) is 3.61. The summed E-state index contributed by atoms with van der Waals surface area (Å²) in [5.74, 6) is -0.232. The second-order valence-electron chi connectivity index (χ2n) is 8.41. The Labute approximate surface area is 186 Å². The lowest BCUT2D eigenvalue weighted by Crippen LogP contribution is -2.17. The van der Waals surface area contributed by atoms with E-state index in [9.17, 15) is 9.59 Å². The second-order valence-corrected chi connectivity index (χ2v) is 8.41. The van der Waals surface area contributed by atoms with Crippen LogP contribution in [0, 0.1) is 5.92 Å². The van der Waals surface area contributed by atoms with Gasteiger partial charge >= 0.3 is 11.9 Å². The van der Waals surface area contributed by atoms with Crippen LogP contribution in [0.4, 0.5) is 0 Å². The van der Waals surface area contributed by atoms with Gasteiger partial charge in [-0.2, -0.15) is 0 Å². The van der Waals surface area contributed by atoms with Gasteiger partial charge in [-0.25, -0.2) is 9.59 Å². The Morgan fingerprint density at radius 1 is 0.667 bits per heavy atom. The van der Waals surface area contributed by atoms with Crippen LogP contribution in [0.1, 0.15) is 124 Å². The van der Waals surface area contributed by atoms with Gasteiger partial charge in [-0.05, 0) is 31.6 Å². The normalized spacial score (nSPS) is 12.4. The zero-order chi connectivity index (χ0) is 22.5. The van der Waals surface area contributed by atoms with Crippen LogP contribution in [-0.4, -0.2) is 24.6 Å². The highest BCUT2D eigenvalue weighted by Crippen LogP contribution is 2.18. The van der Waals surface area contributed by atoms with Crippen LogP contribution in [0.15, 0.2) is 12.2 Å². The van der Waals surface area contributed by atoms with Crippen molar-refractivity contribution in [1.82, 2.24) is 0 Å². The summed E-state index contributed by atoms with van der Waals surface area (Å²) >= 11 is 0. The second kappa shape index (κ2) is 20.9. The molecule has 0 heterocycles. The molecule has 176 valence electrons. The highest BCUT2D eigenvalue weighted by atomic mass is 16.5. The topological polar surface area (TPSA) is 52.6 Å². The molecule has 0 aromatic carbocycles. The molecule has 1 unspecified atom stereocenters. The number of hydrogen-bond donors (Lipinski definition) is 0. The molecule has 0 saturated heterocycles. The maximum Gasteiger partial charge on any atom is 0.331 e. The van der Waals surface area contributed by atoms with E-state index in [1.54, 1.807) is 0 Å². The van der Waals surface area contributed by atoms with Crippen molar-refractivity contribution in [2.45, 2.75) is 130 Å². The molecular weight excluding hydrogens is 376 g/mol. The molecule has 0 bridgehead atoms. The van der Waals surface area contributed by atoms with Crippen molar-refractivity contribution in [2.24, 2.45) is 5.92 Å². The van der Waals surface area contributed by atoms with Gasteiger partial charge in [0.1, 0.15) is 6.10 Å². The minimum atomic E-state index is -0.465. The molecule has 4 heteroatoms. The van der Waals surface area contributed by atoms with Gasteiger partial charge in [-0.3, -0.25) is 0 Å². The third kappa shape index (κ3) is 17.5. The zero-order valence-corrected chi connectivity index (χ0v) is 20.3. The molecule has 0 aromatic rings. The maximum absolute atomic E-state index is 11.9. The minimum Gasteiger partial charge on any atom is -0.463 e. The van der Waals surface area contributed by atoms with E-state index >= 15 is 0 Å². The van der Waals surface area contributed by atoms with Crippen LogP contribution >= 0.6 is 0 Å². The van der Waals surface area contributed by atoms with Crippen LogP contribution < -0.4 is 0 Å². The highest BCUT2D eigenvalue weighted by molar-refractivity contribution is 5.91. The largest absolute Gasteiger partial charge is 0.463 e. The Kier molecular flexibility index (Phi) is 20.0. The molecule has 1 atom stereocenters. The summed E-state index contributed by atoms with van der Waals surface area (Å²) in [6, 6.07) is 0. The Morgan fingerprint density at radius 2 is 1.20 bits per heavy atom. The minimum absolute atomic E-state index is 0.0783. The van der Waals surface area contributed by atoms with Crippen LogP contribution in [0.3, 0.4) is 0 Å². The molecule has 0 N–H and O–H groups in total. The summed E-state index contributed by atoms with van der Waals surface area (Å²) in [6.07, 6.45) is 19.8. The first-order valence-corrected chi connectivity index (χ1v) is 12.6. The summed E-state index contributed by atoms with van der Waals surface area (Å²) < 4.78 is 10.6. The average molecular weight is 425 g/mol. The summed E-state index contributed by atoms with van der Waals surface area (Å²) in [4.78, 5) is 23.7. The van der Waals surface area contributed by atoms with E-state index in [-0.39, 0.29) is 6.10 Å². The first-order chi connectivity index (χ1) is 14.6. The summed E-state index contributed by atoms with van der Waals surface area (Å²) in [7, 11) is 0. The predicted molar refractivity (Wildman–Crippen MR) is 125 cm³/mol. The smallest absolute Gasteiger partial charge is 0.331 e. The molecule has 0 rings (SSSR count). The number of carbonyl (C=O) groups excluding carboxylic acids is 2. The van der Waals surface area contributed by atoms with Gasteiger partial charge in [0.25, 0.3) is 0 Å². The molecule has 0 aromatic heterocycles. The first kappa shape index (κ1) is 28.7. The third-order valence-electron chi connectivity index (χ3n) is 5.89. The van der Waals surface area contributed by atoms with Crippen molar-refractivity contribution in [3.63, 3.8) is 0 Å².